The zero-order valence-electron chi connectivity index (χ0n) is 9.78. The van der Waals surface area contributed by atoms with Crippen LogP contribution in [0.5, 0.6) is 0 Å². The van der Waals surface area contributed by atoms with Crippen molar-refractivity contribution < 1.29 is 22.7 Å². The van der Waals surface area contributed by atoms with Crippen LogP contribution in [0.4, 0.5) is 0 Å². The van der Waals surface area contributed by atoms with Gasteiger partial charge in [-0.05, 0) is 19.1 Å². The fraction of sp³-hybridized carbons (Fsp3) is 0.273. The van der Waals surface area contributed by atoms with E-state index in [0.29, 0.717) is 4.31 Å². The number of rotatable bonds is 2. The third-order valence-corrected chi connectivity index (χ3v) is 4.66. The Hall–Kier alpha value is -1.89. The van der Waals surface area contributed by atoms with Gasteiger partial charge in [0, 0.05) is 0 Å². The molecule has 0 N–H and O–H groups in total. The van der Waals surface area contributed by atoms with Crippen LogP contribution >= 0.6 is 0 Å². The standard InChI is InChI=1S/C11H11NO5S/c1-7(11(14)17-2)12-10(13)8-5-3-4-6-9(8)18(12,15)16/h3-7H,1-2H3. The summed E-state index contributed by atoms with van der Waals surface area (Å²) in [6, 6.07) is 4.67. The SMILES string of the molecule is COC(=O)C(C)N1C(=O)c2ccccc2S1(=O)=O. The summed E-state index contributed by atoms with van der Waals surface area (Å²) in [7, 11) is -2.83. The molecular formula is C11H11NO5S. The highest BCUT2D eigenvalue weighted by atomic mass is 32.2. The summed E-state index contributed by atoms with van der Waals surface area (Å²) in [4.78, 5) is 23.3. The maximum absolute atomic E-state index is 12.2. The number of sulfonamides is 1. The Morgan fingerprint density at radius 3 is 2.50 bits per heavy atom. The molecule has 1 heterocycles. The van der Waals surface area contributed by atoms with E-state index in [1.165, 1.54) is 25.1 Å². The highest BCUT2D eigenvalue weighted by molar-refractivity contribution is 7.90. The van der Waals surface area contributed by atoms with Gasteiger partial charge in [0.1, 0.15) is 10.9 Å². The molecule has 0 bridgehead atoms. The Morgan fingerprint density at radius 2 is 1.94 bits per heavy atom. The number of hydrogen-bond donors (Lipinski definition) is 0. The number of ether oxygens (including phenoxy) is 1. The third-order valence-electron chi connectivity index (χ3n) is 2.75. The maximum Gasteiger partial charge on any atom is 0.329 e. The molecule has 0 spiro atoms. The quantitative estimate of drug-likeness (QED) is 0.726. The van der Waals surface area contributed by atoms with Gasteiger partial charge in [-0.1, -0.05) is 12.1 Å². The number of nitrogens with zero attached hydrogens (tertiary/aromatic N) is 1. The van der Waals surface area contributed by atoms with Gasteiger partial charge >= 0.3 is 5.97 Å². The average molecular weight is 269 g/mol. The molecular weight excluding hydrogens is 258 g/mol. The van der Waals surface area contributed by atoms with E-state index in [0.717, 1.165) is 7.11 Å². The smallest absolute Gasteiger partial charge is 0.329 e. The molecule has 1 aromatic rings. The van der Waals surface area contributed by atoms with Crippen LogP contribution in [0, 0.1) is 0 Å². The van der Waals surface area contributed by atoms with Crippen LogP contribution in [0.1, 0.15) is 17.3 Å². The summed E-state index contributed by atoms with van der Waals surface area (Å²) in [5, 5.41) is 0. The van der Waals surface area contributed by atoms with Gasteiger partial charge in [-0.3, -0.25) is 4.79 Å². The molecule has 0 fully saturated rings. The largest absolute Gasteiger partial charge is 0.467 e. The highest BCUT2D eigenvalue weighted by Crippen LogP contribution is 2.31. The molecule has 0 aromatic heterocycles. The molecule has 0 radical (unpaired) electrons. The molecule has 1 unspecified atom stereocenters. The number of benzene rings is 1. The van der Waals surface area contributed by atoms with Gasteiger partial charge in [0.2, 0.25) is 0 Å². The molecule has 1 amide bonds. The van der Waals surface area contributed by atoms with E-state index < -0.39 is 27.9 Å². The predicted molar refractivity (Wildman–Crippen MR) is 61.3 cm³/mol. The van der Waals surface area contributed by atoms with Crippen molar-refractivity contribution in [1.29, 1.82) is 0 Å². The molecule has 96 valence electrons. The summed E-state index contributed by atoms with van der Waals surface area (Å²) in [5.41, 5.74) is 0.0771. The Labute approximate surface area is 104 Å². The van der Waals surface area contributed by atoms with Crippen molar-refractivity contribution in [3.63, 3.8) is 0 Å². The van der Waals surface area contributed by atoms with E-state index in [-0.39, 0.29) is 10.5 Å². The molecule has 2 rings (SSSR count). The molecule has 0 aliphatic carbocycles. The molecule has 1 aromatic carbocycles. The molecule has 18 heavy (non-hydrogen) atoms. The molecule has 6 nitrogen and oxygen atoms in total. The first-order chi connectivity index (χ1) is 8.41. The summed E-state index contributed by atoms with van der Waals surface area (Å²) in [6.07, 6.45) is 0. The van der Waals surface area contributed by atoms with Crippen molar-refractivity contribution in [3.05, 3.63) is 29.8 Å². The fourth-order valence-electron chi connectivity index (χ4n) is 1.85. The Kier molecular flexibility index (Phi) is 2.86. The molecule has 7 heteroatoms. The number of methoxy groups -OCH3 is 1. The topological polar surface area (TPSA) is 80.8 Å². The third kappa shape index (κ3) is 1.59. The number of carbonyl (C=O) groups is 2. The minimum Gasteiger partial charge on any atom is -0.467 e. The first-order valence-corrected chi connectivity index (χ1v) is 6.61. The van der Waals surface area contributed by atoms with E-state index in [2.05, 4.69) is 4.74 Å². The van der Waals surface area contributed by atoms with Gasteiger partial charge < -0.3 is 4.74 Å². The van der Waals surface area contributed by atoms with E-state index in [9.17, 15) is 18.0 Å². The minimum absolute atomic E-state index is 0.0771. The lowest BCUT2D eigenvalue weighted by Gasteiger charge is -2.20. The second-order valence-electron chi connectivity index (χ2n) is 3.80. The molecule has 0 saturated carbocycles. The van der Waals surface area contributed by atoms with Crippen molar-refractivity contribution in [2.24, 2.45) is 0 Å². The van der Waals surface area contributed by atoms with Crippen LogP contribution in [0.15, 0.2) is 29.2 Å². The zero-order valence-corrected chi connectivity index (χ0v) is 10.6. The number of amides is 1. The van der Waals surface area contributed by atoms with Crippen molar-refractivity contribution in [2.45, 2.75) is 17.9 Å². The van der Waals surface area contributed by atoms with Gasteiger partial charge in [0.25, 0.3) is 15.9 Å². The van der Waals surface area contributed by atoms with E-state index in [1.807, 2.05) is 0 Å². The second kappa shape index (κ2) is 4.09. The van der Waals surface area contributed by atoms with Crippen molar-refractivity contribution in [2.75, 3.05) is 7.11 Å². The zero-order chi connectivity index (χ0) is 13.5. The van der Waals surface area contributed by atoms with Gasteiger partial charge in [-0.15, -0.1) is 0 Å². The van der Waals surface area contributed by atoms with Gasteiger partial charge in [0.15, 0.2) is 0 Å². The van der Waals surface area contributed by atoms with Crippen molar-refractivity contribution in [1.82, 2.24) is 4.31 Å². The van der Waals surface area contributed by atoms with Gasteiger partial charge in [-0.2, -0.15) is 0 Å². The van der Waals surface area contributed by atoms with Crippen LogP contribution in [-0.2, 0) is 19.6 Å². The number of carbonyl (C=O) groups excluding carboxylic acids is 2. The number of hydrogen-bond acceptors (Lipinski definition) is 5. The first kappa shape index (κ1) is 12.6. The van der Waals surface area contributed by atoms with E-state index >= 15 is 0 Å². The van der Waals surface area contributed by atoms with Crippen LogP contribution in [-0.4, -0.2) is 37.8 Å². The predicted octanol–water partition coefficient (Wildman–Crippen LogP) is 0.393. The maximum atomic E-state index is 12.2. The number of fused-ring (bicyclic) bond motifs is 1. The second-order valence-corrected chi connectivity index (χ2v) is 5.58. The van der Waals surface area contributed by atoms with Crippen molar-refractivity contribution >= 4 is 21.9 Å². The van der Waals surface area contributed by atoms with Gasteiger partial charge in [-0.25, -0.2) is 17.5 Å². The normalized spacial score (nSPS) is 18.3. The highest BCUT2D eigenvalue weighted by Gasteiger charge is 2.45. The van der Waals surface area contributed by atoms with E-state index in [1.54, 1.807) is 6.07 Å². The molecule has 1 atom stereocenters. The van der Waals surface area contributed by atoms with E-state index in [4.69, 9.17) is 0 Å². The first-order valence-electron chi connectivity index (χ1n) is 5.17. The lowest BCUT2D eigenvalue weighted by molar-refractivity contribution is -0.144. The van der Waals surface area contributed by atoms with Crippen LogP contribution in [0.25, 0.3) is 0 Å². The van der Waals surface area contributed by atoms with Gasteiger partial charge in [0.05, 0.1) is 12.7 Å². The van der Waals surface area contributed by atoms with Crippen LogP contribution in [0.2, 0.25) is 0 Å². The Morgan fingerprint density at radius 1 is 1.33 bits per heavy atom. The van der Waals surface area contributed by atoms with Crippen LogP contribution in [0.3, 0.4) is 0 Å². The lowest BCUT2D eigenvalue weighted by atomic mass is 10.2. The minimum atomic E-state index is -3.97. The molecule has 1 aliphatic heterocycles. The lowest BCUT2D eigenvalue weighted by Crippen LogP contribution is -2.43. The fourth-order valence-corrected chi connectivity index (χ4v) is 3.57. The van der Waals surface area contributed by atoms with Crippen LogP contribution < -0.4 is 0 Å². The monoisotopic (exact) mass is 269 g/mol. The summed E-state index contributed by atoms with van der Waals surface area (Å²) in [6.45, 7) is 1.31. The Balaban J connectivity index is 2.55. The summed E-state index contributed by atoms with van der Waals surface area (Å²) in [5.74, 6) is -1.48. The summed E-state index contributed by atoms with van der Waals surface area (Å²) < 4.78 is 29.3. The molecule has 0 saturated heterocycles. The summed E-state index contributed by atoms with van der Waals surface area (Å²) >= 11 is 0. The molecule has 1 aliphatic rings. The van der Waals surface area contributed by atoms with Crippen molar-refractivity contribution in [3.8, 4) is 0 Å². The number of esters is 1. The average Bonchev–Trinajstić information content (AvgIpc) is 2.56. The Bertz CT molecular complexity index is 622.